The monoisotopic (exact) mass is 481 g/mol. The number of hydrogen-bond acceptors (Lipinski definition) is 5. The van der Waals surface area contributed by atoms with Crippen LogP contribution in [-0.4, -0.2) is 61.4 Å². The van der Waals surface area contributed by atoms with Gasteiger partial charge < -0.3 is 24.1 Å². The van der Waals surface area contributed by atoms with Gasteiger partial charge >= 0.3 is 0 Å². The molecule has 1 aliphatic rings. The number of hydrogen-bond donors (Lipinski definition) is 1. The maximum absolute atomic E-state index is 6.29. The average Bonchev–Trinajstić information content (AvgIpc) is 3.26. The molecule has 1 fully saturated rings. The highest BCUT2D eigenvalue weighted by atomic mass is 32.1. The molecule has 2 aromatic carbocycles. The van der Waals surface area contributed by atoms with Crippen LogP contribution in [0.15, 0.2) is 46.9 Å². The van der Waals surface area contributed by atoms with Crippen molar-refractivity contribution in [1.82, 2.24) is 9.80 Å². The molecular weight excluding hydrogens is 446 g/mol. The molecule has 0 bridgehead atoms. The van der Waals surface area contributed by atoms with E-state index in [-0.39, 0.29) is 6.04 Å². The number of thiocarbonyl (C=S) groups is 1. The molecule has 1 atom stereocenters. The van der Waals surface area contributed by atoms with E-state index in [1.54, 1.807) is 7.11 Å². The lowest BCUT2D eigenvalue weighted by atomic mass is 10.1. The predicted octanol–water partition coefficient (Wildman–Crippen LogP) is 5.54. The van der Waals surface area contributed by atoms with Crippen molar-refractivity contribution in [3.05, 3.63) is 59.4 Å². The number of benzene rings is 2. The van der Waals surface area contributed by atoms with E-state index in [1.807, 2.05) is 18.2 Å². The van der Waals surface area contributed by atoms with Gasteiger partial charge in [0.2, 0.25) is 0 Å². The minimum atomic E-state index is -0.0345. The molecule has 1 aliphatic heterocycles. The largest absolute Gasteiger partial charge is 0.493 e. The zero-order valence-corrected chi connectivity index (χ0v) is 21.4. The molecule has 7 heteroatoms. The quantitative estimate of drug-likeness (QED) is 0.424. The van der Waals surface area contributed by atoms with Crippen molar-refractivity contribution in [3.8, 4) is 5.75 Å². The van der Waals surface area contributed by atoms with Crippen LogP contribution >= 0.6 is 12.2 Å². The van der Waals surface area contributed by atoms with Crippen LogP contribution in [0.4, 0.5) is 5.69 Å². The maximum Gasteiger partial charge on any atom is 0.176 e. The Balaban J connectivity index is 1.54. The topological polar surface area (TPSA) is 50.1 Å². The third-order valence-corrected chi connectivity index (χ3v) is 6.67. The first kappa shape index (κ1) is 24.5. The predicted molar refractivity (Wildman–Crippen MR) is 142 cm³/mol. The summed E-state index contributed by atoms with van der Waals surface area (Å²) in [6.45, 7) is 11.8. The number of nitrogens with zero attached hydrogens (tertiary/aromatic N) is 2. The van der Waals surface area contributed by atoms with Gasteiger partial charge in [0.1, 0.15) is 5.76 Å². The minimum absolute atomic E-state index is 0.0345. The van der Waals surface area contributed by atoms with Crippen LogP contribution in [0.1, 0.15) is 36.3 Å². The summed E-state index contributed by atoms with van der Waals surface area (Å²) in [6, 6.07) is 14.4. The smallest absolute Gasteiger partial charge is 0.176 e. The Morgan fingerprint density at radius 3 is 2.59 bits per heavy atom. The summed E-state index contributed by atoms with van der Waals surface area (Å²) in [5.41, 5.74) is 4.20. The van der Waals surface area contributed by atoms with E-state index in [4.69, 9.17) is 26.1 Å². The number of rotatable bonds is 8. The molecule has 1 saturated heterocycles. The molecule has 0 radical (unpaired) electrons. The first-order chi connectivity index (χ1) is 16.4. The lowest BCUT2D eigenvalue weighted by Crippen LogP contribution is -2.41. The van der Waals surface area contributed by atoms with Crippen LogP contribution in [0, 0.1) is 13.8 Å². The molecule has 182 valence electrons. The van der Waals surface area contributed by atoms with E-state index >= 15 is 0 Å². The van der Waals surface area contributed by atoms with E-state index in [1.165, 1.54) is 11.1 Å². The van der Waals surface area contributed by atoms with Crippen molar-refractivity contribution in [2.45, 2.75) is 33.2 Å². The number of ether oxygens (including phenoxy) is 2. The van der Waals surface area contributed by atoms with Gasteiger partial charge in [-0.15, -0.1) is 0 Å². The number of nitrogens with one attached hydrogen (secondary N) is 1. The highest BCUT2D eigenvalue weighted by Crippen LogP contribution is 2.33. The number of morpholine rings is 1. The van der Waals surface area contributed by atoms with Crippen LogP contribution < -0.4 is 10.1 Å². The van der Waals surface area contributed by atoms with Gasteiger partial charge in [-0.1, -0.05) is 18.2 Å². The van der Waals surface area contributed by atoms with Crippen molar-refractivity contribution in [3.63, 3.8) is 0 Å². The van der Waals surface area contributed by atoms with Gasteiger partial charge in [0.15, 0.2) is 16.4 Å². The van der Waals surface area contributed by atoms with E-state index in [2.05, 4.69) is 60.2 Å². The number of aryl methyl sites for hydroxylation is 2. The summed E-state index contributed by atoms with van der Waals surface area (Å²) in [7, 11) is 1.67. The fourth-order valence-corrected chi connectivity index (χ4v) is 4.95. The zero-order chi connectivity index (χ0) is 24.1. The fourth-order valence-electron chi connectivity index (χ4n) is 4.58. The Morgan fingerprint density at radius 1 is 1.15 bits per heavy atom. The Hall–Kier alpha value is -2.61. The number of anilines is 1. The van der Waals surface area contributed by atoms with Crippen molar-refractivity contribution < 1.29 is 13.9 Å². The summed E-state index contributed by atoms with van der Waals surface area (Å²) in [5, 5.41) is 5.21. The van der Waals surface area contributed by atoms with Gasteiger partial charge in [-0.3, -0.25) is 4.90 Å². The summed E-state index contributed by atoms with van der Waals surface area (Å²) in [5.74, 6) is 1.61. The Morgan fingerprint density at radius 2 is 1.88 bits per heavy atom. The average molecular weight is 482 g/mol. The highest BCUT2D eigenvalue weighted by Gasteiger charge is 2.23. The van der Waals surface area contributed by atoms with Crippen LogP contribution in [-0.2, 0) is 4.74 Å². The summed E-state index contributed by atoms with van der Waals surface area (Å²) in [4.78, 5) is 4.69. The molecule has 1 aromatic heterocycles. The maximum atomic E-state index is 6.29. The van der Waals surface area contributed by atoms with Gasteiger partial charge in [0.05, 0.1) is 26.4 Å². The lowest BCUT2D eigenvalue weighted by Gasteiger charge is -2.32. The Kier molecular flexibility index (Phi) is 8.08. The third-order valence-electron chi connectivity index (χ3n) is 6.34. The minimum Gasteiger partial charge on any atom is -0.493 e. The van der Waals surface area contributed by atoms with Crippen molar-refractivity contribution in [2.75, 3.05) is 51.8 Å². The van der Waals surface area contributed by atoms with Gasteiger partial charge in [-0.25, -0.2) is 0 Å². The normalized spacial score (nSPS) is 15.3. The summed E-state index contributed by atoms with van der Waals surface area (Å²) < 4.78 is 17.3. The molecule has 34 heavy (non-hydrogen) atoms. The zero-order valence-electron chi connectivity index (χ0n) is 20.6. The molecule has 2 heterocycles. The summed E-state index contributed by atoms with van der Waals surface area (Å²) >= 11 is 5.93. The van der Waals surface area contributed by atoms with Crippen LogP contribution in [0.3, 0.4) is 0 Å². The van der Waals surface area contributed by atoms with Crippen molar-refractivity contribution in [1.29, 1.82) is 0 Å². The molecule has 0 spiro atoms. The molecule has 6 nitrogen and oxygen atoms in total. The number of para-hydroxylation sites is 1. The van der Waals surface area contributed by atoms with Gasteiger partial charge in [-0.05, 0) is 74.8 Å². The molecule has 1 N–H and O–H groups in total. The Labute approximate surface area is 207 Å². The van der Waals surface area contributed by atoms with Crippen LogP contribution in [0.5, 0.6) is 5.75 Å². The number of furan rings is 1. The van der Waals surface area contributed by atoms with Gasteiger partial charge in [0, 0.05) is 37.3 Å². The Bertz CT molecular complexity index is 1100. The SMILES string of the molecule is COc1cccc2cc([C@H](C)N(CCCN3CCOCC3)C(=S)Nc3cc(C)cc(C)c3)oc12. The molecule has 0 unspecified atom stereocenters. The fraction of sp³-hybridized carbons (Fsp3) is 0.444. The first-order valence-corrected chi connectivity index (χ1v) is 12.4. The van der Waals surface area contributed by atoms with E-state index in [0.29, 0.717) is 5.11 Å². The van der Waals surface area contributed by atoms with Gasteiger partial charge in [-0.2, -0.15) is 0 Å². The number of fused-ring (bicyclic) bond motifs is 1. The lowest BCUT2D eigenvalue weighted by molar-refractivity contribution is 0.0365. The van der Waals surface area contributed by atoms with E-state index < -0.39 is 0 Å². The second-order valence-corrected chi connectivity index (χ2v) is 9.40. The van der Waals surface area contributed by atoms with Crippen molar-refractivity contribution in [2.24, 2.45) is 0 Å². The van der Waals surface area contributed by atoms with Crippen LogP contribution in [0.2, 0.25) is 0 Å². The van der Waals surface area contributed by atoms with E-state index in [0.717, 1.165) is 74.0 Å². The van der Waals surface area contributed by atoms with Gasteiger partial charge in [0.25, 0.3) is 0 Å². The molecule has 0 aliphatic carbocycles. The first-order valence-electron chi connectivity index (χ1n) is 12.0. The number of methoxy groups -OCH3 is 1. The standard InChI is InChI=1S/C27H35N3O3S/c1-19-15-20(2)17-23(16-19)28-27(34)30(10-6-9-29-11-13-32-14-12-29)21(3)25-18-22-7-5-8-24(31-4)26(22)33-25/h5,7-8,15-18,21H,6,9-14H2,1-4H3,(H,28,34)/t21-/m0/s1. The summed E-state index contributed by atoms with van der Waals surface area (Å²) in [6.07, 6.45) is 1.00. The molecule has 0 saturated carbocycles. The van der Waals surface area contributed by atoms with Crippen LogP contribution in [0.25, 0.3) is 11.0 Å². The molecular formula is C27H35N3O3S. The van der Waals surface area contributed by atoms with E-state index in [9.17, 15) is 0 Å². The molecule has 3 aromatic rings. The molecule has 0 amide bonds. The second kappa shape index (κ2) is 11.2. The second-order valence-electron chi connectivity index (χ2n) is 9.01. The highest BCUT2D eigenvalue weighted by molar-refractivity contribution is 7.80. The molecule has 4 rings (SSSR count). The van der Waals surface area contributed by atoms with Crippen molar-refractivity contribution >= 4 is 34.0 Å². The third kappa shape index (κ3) is 5.90.